The standard InChI is InChI=1S/C40H53O2P.C36H45O2P/c1-37(2,3)30-21-23-35(33(26-30)39(7,8)9)43(41,42,32-20-16-19-29(25-32)28-17-14-13-15-18-28)36-24-22-31(38(4,5)6)27-34(36)40(10,11)12;1-24(2)31-16-12-17-32(25(3)4)35(31)39(37,38,36-33(26(5)6)18-13-19-34(36)27(7)8)30-22-20-29(21-23-30)28-14-10-9-11-15-28/h13-27,41-42H,1-12H3;9-27,37-38H,1-8H3. The van der Waals surface area contributed by atoms with Gasteiger partial charge in [0.25, 0.3) is 0 Å². The van der Waals surface area contributed by atoms with Gasteiger partial charge in [-0.25, -0.2) is 0 Å². The first-order valence-electron chi connectivity index (χ1n) is 29.8. The molecule has 82 heavy (non-hydrogen) atoms. The molecule has 0 atom stereocenters. The summed E-state index contributed by atoms with van der Waals surface area (Å²) >= 11 is 0. The van der Waals surface area contributed by atoms with E-state index in [1.54, 1.807) is 0 Å². The molecule has 8 aromatic carbocycles. The fourth-order valence-corrected chi connectivity index (χ4v) is 20.6. The van der Waals surface area contributed by atoms with Crippen LogP contribution in [0.4, 0.5) is 0 Å². The van der Waals surface area contributed by atoms with Gasteiger partial charge in [0.05, 0.1) is 0 Å². The fraction of sp³-hybridized carbons (Fsp3) is 0.368. The Hall–Kier alpha value is -5.54. The zero-order valence-corrected chi connectivity index (χ0v) is 55.1. The summed E-state index contributed by atoms with van der Waals surface area (Å²) in [5, 5.41) is 3.81. The molecule has 0 aliphatic heterocycles. The zero-order valence-electron chi connectivity index (χ0n) is 53.3. The molecule has 0 saturated carbocycles. The summed E-state index contributed by atoms with van der Waals surface area (Å²) in [6.07, 6.45) is 0. The maximum absolute atomic E-state index is 13.7. The Labute approximate surface area is 495 Å². The molecule has 0 fully saturated rings. The first-order chi connectivity index (χ1) is 37.9. The van der Waals surface area contributed by atoms with E-state index in [0.717, 1.165) is 66.2 Å². The molecule has 0 spiro atoms. The molecule has 4 N–H and O–H groups in total. The number of hydrogen-bond acceptors (Lipinski definition) is 4. The van der Waals surface area contributed by atoms with Crippen molar-refractivity contribution in [1.29, 1.82) is 0 Å². The van der Waals surface area contributed by atoms with Crippen molar-refractivity contribution in [3.05, 3.63) is 226 Å². The van der Waals surface area contributed by atoms with Gasteiger partial charge in [0, 0.05) is 0 Å². The van der Waals surface area contributed by atoms with E-state index in [0.29, 0.717) is 21.2 Å². The van der Waals surface area contributed by atoms with Crippen LogP contribution < -0.4 is 31.8 Å². The maximum atomic E-state index is 13.7. The van der Waals surface area contributed by atoms with Crippen LogP contribution in [0.3, 0.4) is 0 Å². The van der Waals surface area contributed by atoms with Crippen LogP contribution in [0.15, 0.2) is 182 Å². The number of benzene rings is 8. The third kappa shape index (κ3) is 12.3. The molecule has 6 heteroatoms. The summed E-state index contributed by atoms with van der Waals surface area (Å²) in [7, 11) is -10.0. The molecular weight excluding hydrogens is 1040 g/mol. The van der Waals surface area contributed by atoms with Gasteiger partial charge in [0.1, 0.15) is 0 Å². The van der Waals surface area contributed by atoms with E-state index in [1.807, 2.05) is 91.0 Å². The summed E-state index contributed by atoms with van der Waals surface area (Å²) < 4.78 is 0. The average molecular weight is 1140 g/mol. The van der Waals surface area contributed by atoms with Crippen LogP contribution in [0, 0.1) is 0 Å². The molecule has 0 aliphatic rings. The minimum absolute atomic E-state index is 0.0853. The molecule has 0 saturated heterocycles. The molecular formula is C76H98O4P2. The predicted octanol–water partition coefficient (Wildman–Crippen LogP) is 17.7. The van der Waals surface area contributed by atoms with Gasteiger partial charge in [0.15, 0.2) is 0 Å². The van der Waals surface area contributed by atoms with Gasteiger partial charge >= 0.3 is 498 Å². The summed E-state index contributed by atoms with van der Waals surface area (Å²) in [6, 6.07) is 61.5. The van der Waals surface area contributed by atoms with Crippen molar-refractivity contribution in [2.24, 2.45) is 0 Å². The Morgan fingerprint density at radius 2 is 0.598 bits per heavy atom. The van der Waals surface area contributed by atoms with Gasteiger partial charge in [-0.1, -0.05) is 0 Å². The first-order valence-corrected chi connectivity index (χ1v) is 34.1. The molecule has 0 amide bonds. The van der Waals surface area contributed by atoms with E-state index in [-0.39, 0.29) is 45.3 Å². The number of rotatable bonds is 12. The van der Waals surface area contributed by atoms with Crippen LogP contribution in [0.5, 0.6) is 0 Å². The normalized spacial score (nSPS) is 13.9. The van der Waals surface area contributed by atoms with Crippen LogP contribution in [0.25, 0.3) is 22.3 Å². The Balaban J connectivity index is 0.000000237. The van der Waals surface area contributed by atoms with Crippen LogP contribution in [-0.2, 0) is 21.7 Å². The zero-order chi connectivity index (χ0) is 60.8. The van der Waals surface area contributed by atoms with E-state index < -0.39 is 14.1 Å². The van der Waals surface area contributed by atoms with Crippen molar-refractivity contribution in [3.8, 4) is 22.3 Å². The minimum atomic E-state index is -5.05. The fourth-order valence-electron chi connectivity index (χ4n) is 11.9. The van der Waals surface area contributed by atoms with Crippen molar-refractivity contribution in [2.75, 3.05) is 0 Å². The molecule has 8 aromatic rings. The molecule has 0 radical (unpaired) electrons. The van der Waals surface area contributed by atoms with Crippen molar-refractivity contribution in [3.63, 3.8) is 0 Å². The van der Waals surface area contributed by atoms with Crippen LogP contribution in [-0.4, -0.2) is 19.6 Å². The summed E-state index contributed by atoms with van der Waals surface area (Å²) in [5.74, 6) is 0.488. The van der Waals surface area contributed by atoms with Crippen molar-refractivity contribution in [1.82, 2.24) is 0 Å². The van der Waals surface area contributed by atoms with E-state index in [9.17, 15) is 19.6 Å². The van der Waals surface area contributed by atoms with E-state index >= 15 is 0 Å². The van der Waals surface area contributed by atoms with Gasteiger partial charge in [-0.2, -0.15) is 0 Å². The van der Waals surface area contributed by atoms with Crippen LogP contribution in [0.1, 0.15) is 207 Å². The SMILES string of the molecule is CC(C)(C)c1ccc(P(O)(O)(c2cccc(-c3ccccc3)c2)c2ccc(C(C)(C)C)cc2C(C)(C)C)c(C(C)(C)C)c1.CC(C)c1cccc(C(C)C)c1P(O)(O)(c1ccc(-c2ccccc2)cc1)c1c(C(C)C)cccc1C(C)C. The summed E-state index contributed by atoms with van der Waals surface area (Å²) in [5.41, 5.74) is 11.6. The second-order valence-corrected chi connectivity index (χ2v) is 35.5. The summed E-state index contributed by atoms with van der Waals surface area (Å²) in [4.78, 5) is 54.8. The Bertz CT molecular complexity index is 3320. The van der Waals surface area contributed by atoms with Gasteiger partial charge in [-0.3, -0.25) is 0 Å². The second-order valence-electron chi connectivity index (χ2n) is 28.5. The van der Waals surface area contributed by atoms with Crippen molar-refractivity contribution in [2.45, 2.75) is 184 Å². The van der Waals surface area contributed by atoms with E-state index in [1.165, 1.54) is 11.1 Å². The second kappa shape index (κ2) is 23.1. The quantitative estimate of drug-likeness (QED) is 0.0919. The summed E-state index contributed by atoms with van der Waals surface area (Å²) in [6.45, 7) is 43.4. The van der Waals surface area contributed by atoms with Gasteiger partial charge in [0.2, 0.25) is 0 Å². The van der Waals surface area contributed by atoms with Crippen molar-refractivity contribution < 1.29 is 19.6 Å². The molecule has 0 unspecified atom stereocenters. The Morgan fingerprint density at radius 3 is 0.927 bits per heavy atom. The van der Waals surface area contributed by atoms with Gasteiger partial charge < -0.3 is 0 Å². The monoisotopic (exact) mass is 1140 g/mol. The van der Waals surface area contributed by atoms with Crippen LogP contribution in [0.2, 0.25) is 0 Å². The third-order valence-corrected chi connectivity index (χ3v) is 24.6. The van der Waals surface area contributed by atoms with E-state index in [4.69, 9.17) is 0 Å². The van der Waals surface area contributed by atoms with Crippen LogP contribution >= 0.6 is 14.1 Å². The van der Waals surface area contributed by atoms with Gasteiger partial charge in [-0.15, -0.1) is 0 Å². The third-order valence-electron chi connectivity index (χ3n) is 16.7. The molecule has 0 aliphatic carbocycles. The number of hydrogen-bond donors (Lipinski definition) is 4. The molecule has 0 heterocycles. The Kier molecular flexibility index (Phi) is 18.1. The molecule has 8 rings (SSSR count). The molecule has 4 nitrogen and oxygen atoms in total. The average Bonchev–Trinajstić information content (AvgIpc) is 3.23. The van der Waals surface area contributed by atoms with Crippen molar-refractivity contribution >= 4 is 45.9 Å². The topological polar surface area (TPSA) is 80.9 Å². The molecule has 0 bridgehead atoms. The predicted molar refractivity (Wildman–Crippen MR) is 361 cm³/mol. The molecule has 0 aromatic heterocycles. The molecule has 436 valence electrons. The van der Waals surface area contributed by atoms with Gasteiger partial charge in [-0.05, 0) is 0 Å². The first kappa shape index (κ1) is 64.0. The van der Waals surface area contributed by atoms with E-state index in [2.05, 4.69) is 229 Å². The Morgan fingerprint density at radius 1 is 0.280 bits per heavy atom.